The number of nitrogens with one attached hydrogen (secondary N) is 1. The quantitative estimate of drug-likeness (QED) is 0.661. The first kappa shape index (κ1) is 11.5. The smallest absolute Gasteiger partial charge is 0.221 e. The van der Waals surface area contributed by atoms with Crippen molar-refractivity contribution in [2.24, 2.45) is 11.7 Å². The maximum absolute atomic E-state index is 11.0. The predicted octanol–water partition coefficient (Wildman–Crippen LogP) is -0.208. The monoisotopic (exact) mass is 199 g/mol. The van der Waals surface area contributed by atoms with Crippen LogP contribution in [0.3, 0.4) is 0 Å². The van der Waals surface area contributed by atoms with Crippen LogP contribution >= 0.6 is 0 Å². The number of hydrogen-bond acceptors (Lipinski definition) is 3. The van der Waals surface area contributed by atoms with Gasteiger partial charge in [0.05, 0.1) is 0 Å². The molecule has 4 nitrogen and oxygen atoms in total. The third kappa shape index (κ3) is 3.64. The SMILES string of the molecule is CNC(=O)CCN1CC(C)CC(N)C1. The maximum atomic E-state index is 11.0. The van der Waals surface area contributed by atoms with Gasteiger partial charge in [-0.15, -0.1) is 0 Å². The molecule has 1 aliphatic heterocycles. The van der Waals surface area contributed by atoms with Crippen LogP contribution in [0.1, 0.15) is 19.8 Å². The molecule has 2 unspecified atom stereocenters. The van der Waals surface area contributed by atoms with E-state index in [1.807, 2.05) is 0 Å². The molecule has 14 heavy (non-hydrogen) atoms. The maximum Gasteiger partial charge on any atom is 0.221 e. The fourth-order valence-electron chi connectivity index (χ4n) is 2.08. The molecule has 82 valence electrons. The van der Waals surface area contributed by atoms with Crippen LogP contribution in [0.15, 0.2) is 0 Å². The standard InChI is InChI=1S/C10H21N3O/c1-8-5-9(11)7-13(6-8)4-3-10(14)12-2/h8-9H,3-7,11H2,1-2H3,(H,12,14). The number of amides is 1. The normalized spacial score (nSPS) is 28.8. The number of piperidine rings is 1. The molecule has 0 bridgehead atoms. The average molecular weight is 199 g/mol. The van der Waals surface area contributed by atoms with E-state index >= 15 is 0 Å². The summed E-state index contributed by atoms with van der Waals surface area (Å²) in [5.74, 6) is 0.764. The zero-order valence-corrected chi connectivity index (χ0v) is 9.12. The molecule has 2 atom stereocenters. The second kappa shape index (κ2) is 5.32. The first-order chi connectivity index (χ1) is 6.61. The molecule has 0 aromatic heterocycles. The summed E-state index contributed by atoms with van der Waals surface area (Å²) < 4.78 is 0. The van der Waals surface area contributed by atoms with Crippen LogP contribution in [0.25, 0.3) is 0 Å². The molecule has 0 aromatic rings. The van der Waals surface area contributed by atoms with E-state index in [1.165, 1.54) is 0 Å². The van der Waals surface area contributed by atoms with Crippen LogP contribution in [0.4, 0.5) is 0 Å². The Bertz CT molecular complexity index is 186. The first-order valence-corrected chi connectivity index (χ1v) is 5.30. The third-order valence-corrected chi connectivity index (χ3v) is 2.70. The molecule has 0 aromatic carbocycles. The van der Waals surface area contributed by atoms with Crippen LogP contribution in [0, 0.1) is 5.92 Å². The van der Waals surface area contributed by atoms with Gasteiger partial charge in [-0.2, -0.15) is 0 Å². The van der Waals surface area contributed by atoms with E-state index in [1.54, 1.807) is 7.05 Å². The summed E-state index contributed by atoms with van der Waals surface area (Å²) in [5.41, 5.74) is 5.91. The van der Waals surface area contributed by atoms with Gasteiger partial charge in [-0.1, -0.05) is 6.92 Å². The van der Waals surface area contributed by atoms with Crippen LogP contribution in [-0.4, -0.2) is 43.5 Å². The lowest BCUT2D eigenvalue weighted by Gasteiger charge is -2.34. The topological polar surface area (TPSA) is 58.4 Å². The van der Waals surface area contributed by atoms with Gasteiger partial charge < -0.3 is 16.0 Å². The van der Waals surface area contributed by atoms with Gasteiger partial charge >= 0.3 is 0 Å². The number of rotatable bonds is 3. The largest absolute Gasteiger partial charge is 0.359 e. The molecule has 1 aliphatic rings. The minimum absolute atomic E-state index is 0.108. The summed E-state index contributed by atoms with van der Waals surface area (Å²) in [4.78, 5) is 13.3. The van der Waals surface area contributed by atoms with Crippen LogP contribution in [0.5, 0.6) is 0 Å². The fraction of sp³-hybridized carbons (Fsp3) is 0.900. The van der Waals surface area contributed by atoms with E-state index in [0.29, 0.717) is 12.3 Å². The van der Waals surface area contributed by atoms with Crippen molar-refractivity contribution in [3.63, 3.8) is 0 Å². The highest BCUT2D eigenvalue weighted by atomic mass is 16.1. The number of carbonyl (C=O) groups excluding carboxylic acids is 1. The average Bonchev–Trinajstić information content (AvgIpc) is 2.12. The first-order valence-electron chi connectivity index (χ1n) is 5.30. The number of likely N-dealkylation sites (tertiary alicyclic amines) is 1. The Morgan fingerprint density at radius 2 is 2.29 bits per heavy atom. The van der Waals surface area contributed by atoms with Gasteiger partial charge in [0.1, 0.15) is 0 Å². The van der Waals surface area contributed by atoms with E-state index in [4.69, 9.17) is 5.73 Å². The van der Waals surface area contributed by atoms with Gasteiger partial charge in [0.25, 0.3) is 0 Å². The fourth-order valence-corrected chi connectivity index (χ4v) is 2.08. The molecular weight excluding hydrogens is 178 g/mol. The van der Waals surface area contributed by atoms with Gasteiger partial charge in [-0.05, 0) is 12.3 Å². The van der Waals surface area contributed by atoms with Gasteiger partial charge in [-0.25, -0.2) is 0 Å². The highest BCUT2D eigenvalue weighted by Gasteiger charge is 2.21. The van der Waals surface area contributed by atoms with E-state index in [-0.39, 0.29) is 11.9 Å². The number of nitrogens with two attached hydrogens (primary N) is 1. The zero-order valence-electron chi connectivity index (χ0n) is 9.12. The highest BCUT2D eigenvalue weighted by molar-refractivity contribution is 5.75. The van der Waals surface area contributed by atoms with Gasteiger partial charge in [0.15, 0.2) is 0 Å². The van der Waals surface area contributed by atoms with Crippen LogP contribution in [0.2, 0.25) is 0 Å². The van der Waals surface area contributed by atoms with Crippen molar-refractivity contribution in [3.05, 3.63) is 0 Å². The minimum atomic E-state index is 0.108. The van der Waals surface area contributed by atoms with Crippen molar-refractivity contribution in [1.82, 2.24) is 10.2 Å². The van der Waals surface area contributed by atoms with Crippen molar-refractivity contribution < 1.29 is 4.79 Å². The molecule has 1 rings (SSSR count). The Balaban J connectivity index is 2.26. The highest BCUT2D eigenvalue weighted by Crippen LogP contribution is 2.14. The lowest BCUT2D eigenvalue weighted by Crippen LogP contribution is -2.47. The molecule has 1 heterocycles. The molecule has 3 N–H and O–H groups in total. The molecule has 1 saturated heterocycles. The van der Waals surface area contributed by atoms with Crippen molar-refractivity contribution >= 4 is 5.91 Å². The van der Waals surface area contributed by atoms with E-state index in [9.17, 15) is 4.79 Å². The number of hydrogen-bond donors (Lipinski definition) is 2. The van der Waals surface area contributed by atoms with Crippen molar-refractivity contribution in [2.75, 3.05) is 26.7 Å². The summed E-state index contributed by atoms with van der Waals surface area (Å²) in [6.45, 7) is 5.05. The molecule has 0 aliphatic carbocycles. The van der Waals surface area contributed by atoms with E-state index < -0.39 is 0 Å². The van der Waals surface area contributed by atoms with Crippen molar-refractivity contribution in [2.45, 2.75) is 25.8 Å². The summed E-state index contributed by atoms with van der Waals surface area (Å²) >= 11 is 0. The second-order valence-electron chi connectivity index (χ2n) is 4.28. The third-order valence-electron chi connectivity index (χ3n) is 2.70. The van der Waals surface area contributed by atoms with Crippen molar-refractivity contribution in [1.29, 1.82) is 0 Å². The molecule has 0 radical (unpaired) electrons. The number of carbonyl (C=O) groups is 1. The van der Waals surface area contributed by atoms with E-state index in [2.05, 4.69) is 17.1 Å². The van der Waals surface area contributed by atoms with E-state index in [0.717, 1.165) is 26.1 Å². The van der Waals surface area contributed by atoms with Crippen LogP contribution in [-0.2, 0) is 4.79 Å². The Labute approximate surface area is 85.8 Å². The zero-order chi connectivity index (χ0) is 10.6. The number of nitrogens with zero attached hydrogens (tertiary/aromatic N) is 1. The van der Waals surface area contributed by atoms with Crippen LogP contribution < -0.4 is 11.1 Å². The Morgan fingerprint density at radius 3 is 2.86 bits per heavy atom. The second-order valence-corrected chi connectivity index (χ2v) is 4.28. The molecule has 0 saturated carbocycles. The lowest BCUT2D eigenvalue weighted by molar-refractivity contribution is -0.121. The van der Waals surface area contributed by atoms with Gasteiger partial charge in [0, 0.05) is 39.1 Å². The molecule has 4 heteroatoms. The molecule has 1 fully saturated rings. The van der Waals surface area contributed by atoms with Crippen molar-refractivity contribution in [3.8, 4) is 0 Å². The molecule has 1 amide bonds. The predicted molar refractivity (Wildman–Crippen MR) is 56.9 cm³/mol. The van der Waals surface area contributed by atoms with Gasteiger partial charge in [0.2, 0.25) is 5.91 Å². The molecule has 0 spiro atoms. The minimum Gasteiger partial charge on any atom is -0.359 e. The molecular formula is C10H21N3O. The Morgan fingerprint density at radius 1 is 1.57 bits per heavy atom. The summed E-state index contributed by atoms with van der Waals surface area (Å²) in [6, 6.07) is 0.281. The summed E-state index contributed by atoms with van der Waals surface area (Å²) in [7, 11) is 1.67. The summed E-state index contributed by atoms with van der Waals surface area (Å²) in [5, 5.41) is 2.63. The lowest BCUT2D eigenvalue weighted by atomic mass is 9.96. The summed E-state index contributed by atoms with van der Waals surface area (Å²) in [6.07, 6.45) is 1.69. The Kier molecular flexibility index (Phi) is 4.35. The Hall–Kier alpha value is -0.610. The van der Waals surface area contributed by atoms with Gasteiger partial charge in [-0.3, -0.25) is 4.79 Å².